The minimum atomic E-state index is -0.446. The van der Waals surface area contributed by atoms with Crippen molar-refractivity contribution in [2.75, 3.05) is 25.1 Å². The summed E-state index contributed by atoms with van der Waals surface area (Å²) in [6.07, 6.45) is 0.217. The van der Waals surface area contributed by atoms with E-state index in [9.17, 15) is 15.2 Å². The molecule has 0 amide bonds. The predicted molar refractivity (Wildman–Crippen MR) is 62.5 cm³/mol. The third kappa shape index (κ3) is 2.16. The maximum absolute atomic E-state index is 11.1. The van der Waals surface area contributed by atoms with Crippen LogP contribution in [-0.2, 0) is 0 Å². The van der Waals surface area contributed by atoms with E-state index in [1.54, 1.807) is 18.2 Å². The molecule has 0 radical (unpaired) electrons. The van der Waals surface area contributed by atoms with Crippen molar-refractivity contribution in [3.05, 3.63) is 28.3 Å². The number of aliphatic hydroxyl groups is 1. The number of para-hydroxylation sites is 1. The summed E-state index contributed by atoms with van der Waals surface area (Å²) in [5.41, 5.74) is 0.468. The van der Waals surface area contributed by atoms with Gasteiger partial charge in [-0.15, -0.1) is 0 Å². The van der Waals surface area contributed by atoms with Crippen molar-refractivity contribution in [2.45, 2.75) is 12.5 Å². The van der Waals surface area contributed by atoms with Crippen LogP contribution in [0.5, 0.6) is 5.75 Å². The van der Waals surface area contributed by atoms with Gasteiger partial charge in [-0.2, -0.15) is 0 Å². The lowest BCUT2D eigenvalue weighted by Crippen LogP contribution is -2.22. The summed E-state index contributed by atoms with van der Waals surface area (Å²) in [7, 11) is 1.41. The molecule has 0 unspecified atom stereocenters. The van der Waals surface area contributed by atoms with Gasteiger partial charge in [0.05, 0.1) is 18.1 Å². The molecule has 0 aliphatic carbocycles. The smallest absolute Gasteiger partial charge is 0.333 e. The normalized spacial score (nSPS) is 19.4. The first-order valence-electron chi connectivity index (χ1n) is 5.38. The highest BCUT2D eigenvalue weighted by Crippen LogP contribution is 2.38. The van der Waals surface area contributed by atoms with Gasteiger partial charge in [0.2, 0.25) is 0 Å². The molecule has 1 aliphatic heterocycles. The quantitative estimate of drug-likeness (QED) is 0.632. The maximum Gasteiger partial charge on any atom is 0.333 e. The molecular formula is C11H14N2O4. The topological polar surface area (TPSA) is 75.8 Å². The van der Waals surface area contributed by atoms with Crippen LogP contribution in [0.3, 0.4) is 0 Å². The molecule has 2 rings (SSSR count). The standard InChI is InChI=1S/C11H14N2O4/c1-17-10-4-2-3-9(11(10)13(15)16)12-6-5-8(14)7-12/h2-4,8,14H,5-7H2,1H3/t8-/m1/s1. The molecule has 1 aliphatic rings. The van der Waals surface area contributed by atoms with Gasteiger partial charge in [0.1, 0.15) is 5.69 Å². The number of benzene rings is 1. The van der Waals surface area contributed by atoms with E-state index >= 15 is 0 Å². The van der Waals surface area contributed by atoms with Gasteiger partial charge in [0.15, 0.2) is 5.75 Å². The number of nitro groups is 1. The van der Waals surface area contributed by atoms with Crippen LogP contribution in [0.15, 0.2) is 18.2 Å². The van der Waals surface area contributed by atoms with E-state index in [4.69, 9.17) is 4.74 Å². The maximum atomic E-state index is 11.1. The van der Waals surface area contributed by atoms with Gasteiger partial charge >= 0.3 is 5.69 Å². The number of ether oxygens (including phenoxy) is 1. The second kappa shape index (κ2) is 4.58. The fraction of sp³-hybridized carbons (Fsp3) is 0.455. The largest absolute Gasteiger partial charge is 0.490 e. The van der Waals surface area contributed by atoms with Gasteiger partial charge in [-0.1, -0.05) is 6.07 Å². The molecule has 6 heteroatoms. The van der Waals surface area contributed by atoms with Gasteiger partial charge in [-0.05, 0) is 18.6 Å². The minimum Gasteiger partial charge on any atom is -0.490 e. The van der Waals surface area contributed by atoms with E-state index in [0.717, 1.165) is 0 Å². The van der Waals surface area contributed by atoms with Crippen molar-refractivity contribution >= 4 is 11.4 Å². The molecule has 1 fully saturated rings. The Morgan fingerprint density at radius 3 is 2.88 bits per heavy atom. The highest BCUT2D eigenvalue weighted by molar-refractivity contribution is 5.70. The Balaban J connectivity index is 2.42. The predicted octanol–water partition coefficient (Wildman–Crippen LogP) is 1.17. The van der Waals surface area contributed by atoms with Crippen molar-refractivity contribution in [3.8, 4) is 5.75 Å². The summed E-state index contributed by atoms with van der Waals surface area (Å²) >= 11 is 0. The number of methoxy groups -OCH3 is 1. The number of aliphatic hydroxyl groups excluding tert-OH is 1. The summed E-state index contributed by atoms with van der Waals surface area (Å²) in [6.45, 7) is 1.04. The number of nitro benzene ring substituents is 1. The van der Waals surface area contributed by atoms with Gasteiger partial charge in [0, 0.05) is 13.1 Å². The van der Waals surface area contributed by atoms with Gasteiger partial charge in [0.25, 0.3) is 0 Å². The summed E-state index contributed by atoms with van der Waals surface area (Å²) in [4.78, 5) is 12.4. The molecule has 17 heavy (non-hydrogen) atoms. The SMILES string of the molecule is COc1cccc(N2CC[C@@H](O)C2)c1[N+](=O)[O-]. The number of anilines is 1. The Bertz CT molecular complexity index is 435. The third-order valence-corrected chi connectivity index (χ3v) is 2.88. The lowest BCUT2D eigenvalue weighted by Gasteiger charge is -2.18. The molecule has 1 heterocycles. The fourth-order valence-corrected chi connectivity index (χ4v) is 2.07. The Kier molecular flexibility index (Phi) is 3.14. The average Bonchev–Trinajstić information content (AvgIpc) is 2.74. The molecule has 1 aromatic rings. The number of rotatable bonds is 3. The Labute approximate surface area is 98.6 Å². The average molecular weight is 238 g/mol. The van der Waals surface area contributed by atoms with E-state index in [0.29, 0.717) is 25.2 Å². The van der Waals surface area contributed by atoms with Crippen LogP contribution >= 0.6 is 0 Å². The van der Waals surface area contributed by atoms with Crippen LogP contribution < -0.4 is 9.64 Å². The first kappa shape index (κ1) is 11.7. The summed E-state index contributed by atoms with van der Waals surface area (Å²) in [5.74, 6) is 0.244. The Hall–Kier alpha value is -1.82. The molecule has 0 bridgehead atoms. The van der Waals surface area contributed by atoms with Crippen LogP contribution in [-0.4, -0.2) is 36.3 Å². The van der Waals surface area contributed by atoms with Crippen molar-refractivity contribution in [1.82, 2.24) is 0 Å². The second-order valence-electron chi connectivity index (χ2n) is 3.97. The summed E-state index contributed by atoms with van der Waals surface area (Å²) in [5, 5.41) is 20.6. The zero-order valence-corrected chi connectivity index (χ0v) is 9.50. The van der Waals surface area contributed by atoms with E-state index in [1.165, 1.54) is 7.11 Å². The van der Waals surface area contributed by atoms with E-state index in [1.807, 2.05) is 4.90 Å². The number of β-amino-alcohol motifs (C(OH)–C–C–N with tert-alkyl or cyclic N) is 1. The van der Waals surface area contributed by atoms with Crippen molar-refractivity contribution in [3.63, 3.8) is 0 Å². The Morgan fingerprint density at radius 1 is 1.59 bits per heavy atom. The summed E-state index contributed by atoms with van der Waals surface area (Å²) in [6, 6.07) is 4.96. The van der Waals surface area contributed by atoms with Gasteiger partial charge in [-0.3, -0.25) is 10.1 Å². The molecule has 1 N–H and O–H groups in total. The summed E-state index contributed by atoms with van der Waals surface area (Å²) < 4.78 is 5.00. The van der Waals surface area contributed by atoms with Crippen molar-refractivity contribution < 1.29 is 14.8 Å². The zero-order chi connectivity index (χ0) is 12.4. The van der Waals surface area contributed by atoms with Gasteiger partial charge < -0.3 is 14.7 Å². The molecule has 6 nitrogen and oxygen atoms in total. The first-order chi connectivity index (χ1) is 8.13. The lowest BCUT2D eigenvalue weighted by molar-refractivity contribution is -0.385. The zero-order valence-electron chi connectivity index (χ0n) is 9.50. The van der Waals surface area contributed by atoms with Crippen molar-refractivity contribution in [2.24, 2.45) is 0 Å². The molecule has 0 spiro atoms. The molecule has 1 aromatic carbocycles. The van der Waals surface area contributed by atoms with E-state index in [-0.39, 0.29) is 11.4 Å². The number of hydrogen-bond donors (Lipinski definition) is 1. The van der Waals surface area contributed by atoms with E-state index in [2.05, 4.69) is 0 Å². The molecule has 1 atom stereocenters. The first-order valence-corrected chi connectivity index (χ1v) is 5.38. The fourth-order valence-electron chi connectivity index (χ4n) is 2.07. The number of hydrogen-bond acceptors (Lipinski definition) is 5. The van der Waals surface area contributed by atoms with Crippen LogP contribution in [0.4, 0.5) is 11.4 Å². The minimum absolute atomic E-state index is 0.0379. The molecular weight excluding hydrogens is 224 g/mol. The van der Waals surface area contributed by atoms with Crippen LogP contribution in [0.2, 0.25) is 0 Å². The van der Waals surface area contributed by atoms with Crippen LogP contribution in [0.1, 0.15) is 6.42 Å². The third-order valence-electron chi connectivity index (χ3n) is 2.88. The monoisotopic (exact) mass is 238 g/mol. The van der Waals surface area contributed by atoms with Crippen LogP contribution in [0.25, 0.3) is 0 Å². The second-order valence-corrected chi connectivity index (χ2v) is 3.97. The highest BCUT2D eigenvalue weighted by Gasteiger charge is 2.29. The Morgan fingerprint density at radius 2 is 2.35 bits per heavy atom. The highest BCUT2D eigenvalue weighted by atomic mass is 16.6. The van der Waals surface area contributed by atoms with Gasteiger partial charge in [-0.25, -0.2) is 0 Å². The van der Waals surface area contributed by atoms with Crippen molar-refractivity contribution in [1.29, 1.82) is 0 Å². The van der Waals surface area contributed by atoms with E-state index < -0.39 is 11.0 Å². The number of nitrogens with zero attached hydrogens (tertiary/aromatic N) is 2. The lowest BCUT2D eigenvalue weighted by atomic mass is 10.2. The molecule has 0 aromatic heterocycles. The molecule has 1 saturated heterocycles. The molecule has 92 valence electrons. The van der Waals surface area contributed by atoms with Crippen LogP contribution in [0, 0.1) is 10.1 Å². The molecule has 0 saturated carbocycles.